The van der Waals surface area contributed by atoms with Gasteiger partial charge in [0.25, 0.3) is 0 Å². The summed E-state index contributed by atoms with van der Waals surface area (Å²) in [5.41, 5.74) is -0.677. The van der Waals surface area contributed by atoms with Crippen LogP contribution in [-0.2, 0) is 14.3 Å². The first-order valence-corrected chi connectivity index (χ1v) is 4.85. The van der Waals surface area contributed by atoms with E-state index in [2.05, 4.69) is 5.32 Å². The molecule has 0 aliphatic rings. The Bertz CT molecular complexity index is 242. The van der Waals surface area contributed by atoms with Gasteiger partial charge in [0, 0.05) is 6.04 Å². The Morgan fingerprint density at radius 2 is 1.73 bits per heavy atom. The summed E-state index contributed by atoms with van der Waals surface area (Å²) in [4.78, 5) is 22.3. The summed E-state index contributed by atoms with van der Waals surface area (Å²) >= 11 is 0. The van der Waals surface area contributed by atoms with Crippen LogP contribution in [0.3, 0.4) is 0 Å². The van der Waals surface area contributed by atoms with E-state index in [0.717, 1.165) is 0 Å². The number of hydrogen-bond donors (Lipinski definition) is 2. The predicted octanol–water partition coefficient (Wildman–Crippen LogP) is 0.779. The van der Waals surface area contributed by atoms with Crippen molar-refractivity contribution in [3.05, 3.63) is 0 Å². The van der Waals surface area contributed by atoms with Gasteiger partial charge in [-0.1, -0.05) is 0 Å². The Kier molecular flexibility index (Phi) is 4.74. The minimum absolute atomic E-state index is 0.0985. The van der Waals surface area contributed by atoms with Crippen molar-refractivity contribution in [3.8, 4) is 0 Å². The molecule has 1 unspecified atom stereocenters. The molecule has 0 aromatic rings. The first-order chi connectivity index (χ1) is 6.63. The molecule has 2 N–H and O–H groups in total. The van der Waals surface area contributed by atoms with Crippen molar-refractivity contribution in [2.75, 3.05) is 0 Å². The second-order valence-corrected chi connectivity index (χ2v) is 4.63. The second-order valence-electron chi connectivity index (χ2n) is 4.63. The molecular formula is C10H19NO4. The molecule has 0 rings (SSSR count). The van der Waals surface area contributed by atoms with Gasteiger partial charge in [-0.15, -0.1) is 0 Å². The van der Waals surface area contributed by atoms with Crippen LogP contribution in [0.15, 0.2) is 0 Å². The highest BCUT2D eigenvalue weighted by Crippen LogP contribution is 2.08. The van der Waals surface area contributed by atoms with Gasteiger partial charge in [-0.2, -0.15) is 0 Å². The van der Waals surface area contributed by atoms with E-state index in [1.54, 1.807) is 34.6 Å². The lowest BCUT2D eigenvalue weighted by Gasteiger charge is -2.23. The Morgan fingerprint density at radius 3 is 2.00 bits per heavy atom. The maximum atomic E-state index is 11.5. The summed E-state index contributed by atoms with van der Waals surface area (Å²) in [5.74, 6) is -1.98. The monoisotopic (exact) mass is 217 g/mol. The zero-order valence-corrected chi connectivity index (χ0v) is 9.83. The molecule has 0 aliphatic heterocycles. The van der Waals surface area contributed by atoms with E-state index in [1.807, 2.05) is 0 Å². The molecule has 88 valence electrons. The van der Waals surface area contributed by atoms with Crippen LogP contribution in [0.1, 0.15) is 34.6 Å². The van der Waals surface area contributed by atoms with Crippen LogP contribution in [0.4, 0.5) is 0 Å². The van der Waals surface area contributed by atoms with Gasteiger partial charge in [-0.3, -0.25) is 5.32 Å². The summed E-state index contributed by atoms with van der Waals surface area (Å²) in [6.07, 6.45) is 0. The van der Waals surface area contributed by atoms with Gasteiger partial charge < -0.3 is 9.84 Å². The van der Waals surface area contributed by atoms with Crippen molar-refractivity contribution in [2.45, 2.75) is 52.3 Å². The number of hydrogen-bond acceptors (Lipinski definition) is 4. The number of esters is 1. The number of carboxylic acids is 1. The van der Waals surface area contributed by atoms with Crippen molar-refractivity contribution >= 4 is 11.9 Å². The third kappa shape index (κ3) is 6.06. The smallest absolute Gasteiger partial charge is 0.335 e. The molecule has 1 atom stereocenters. The van der Waals surface area contributed by atoms with Gasteiger partial charge in [0.15, 0.2) is 0 Å². The molecule has 5 heteroatoms. The van der Waals surface area contributed by atoms with Crippen LogP contribution < -0.4 is 5.32 Å². The van der Waals surface area contributed by atoms with E-state index in [0.29, 0.717) is 0 Å². The average molecular weight is 217 g/mol. The number of carboxylic acid groups (broad SMARTS) is 1. The first kappa shape index (κ1) is 13.9. The molecular weight excluding hydrogens is 198 g/mol. The fourth-order valence-electron chi connectivity index (χ4n) is 0.934. The molecule has 0 fully saturated rings. The average Bonchev–Trinajstić information content (AvgIpc) is 1.95. The van der Waals surface area contributed by atoms with E-state index in [9.17, 15) is 9.59 Å². The van der Waals surface area contributed by atoms with Crippen molar-refractivity contribution < 1.29 is 19.4 Å². The van der Waals surface area contributed by atoms with Gasteiger partial charge in [0.05, 0.1) is 0 Å². The molecule has 0 bridgehead atoms. The largest absolute Gasteiger partial charge is 0.480 e. The fraction of sp³-hybridized carbons (Fsp3) is 0.800. The van der Waals surface area contributed by atoms with Crippen LogP contribution in [-0.4, -0.2) is 34.7 Å². The fourth-order valence-corrected chi connectivity index (χ4v) is 0.934. The molecule has 0 aromatic heterocycles. The molecule has 0 aromatic carbocycles. The lowest BCUT2D eigenvalue weighted by Crippen LogP contribution is -2.49. The standard InChI is InChI=1S/C10H19NO4/c1-6(2)11-7(8(12)13)9(14)15-10(3,4)5/h6-7,11H,1-5H3,(H,12,13). The second kappa shape index (κ2) is 5.11. The Balaban J connectivity index is 4.50. The number of nitrogens with one attached hydrogen (secondary N) is 1. The quantitative estimate of drug-likeness (QED) is 0.537. The lowest BCUT2D eigenvalue weighted by molar-refractivity contribution is -0.163. The third-order valence-corrected chi connectivity index (χ3v) is 1.39. The Labute approximate surface area is 89.8 Å². The number of aliphatic carboxylic acids is 1. The lowest BCUT2D eigenvalue weighted by atomic mass is 10.2. The topological polar surface area (TPSA) is 75.6 Å². The molecule has 0 saturated carbocycles. The summed E-state index contributed by atoms with van der Waals surface area (Å²) in [6.45, 7) is 8.61. The molecule has 0 heterocycles. The molecule has 0 spiro atoms. The summed E-state index contributed by atoms with van der Waals surface area (Å²) in [6, 6.07) is -1.40. The molecule has 0 amide bonds. The van der Waals surface area contributed by atoms with Crippen LogP contribution >= 0.6 is 0 Å². The van der Waals surface area contributed by atoms with E-state index < -0.39 is 23.6 Å². The van der Waals surface area contributed by atoms with Crippen LogP contribution in [0, 0.1) is 0 Å². The molecule has 15 heavy (non-hydrogen) atoms. The number of carbonyl (C=O) groups is 2. The van der Waals surface area contributed by atoms with Gasteiger partial charge >= 0.3 is 11.9 Å². The van der Waals surface area contributed by atoms with E-state index in [4.69, 9.17) is 9.84 Å². The minimum atomic E-state index is -1.30. The van der Waals surface area contributed by atoms with Gasteiger partial charge in [0.2, 0.25) is 6.04 Å². The third-order valence-electron chi connectivity index (χ3n) is 1.39. The van der Waals surface area contributed by atoms with Crippen molar-refractivity contribution in [1.82, 2.24) is 5.32 Å². The van der Waals surface area contributed by atoms with Crippen molar-refractivity contribution in [2.24, 2.45) is 0 Å². The van der Waals surface area contributed by atoms with Crippen molar-refractivity contribution in [3.63, 3.8) is 0 Å². The molecule has 0 saturated heterocycles. The van der Waals surface area contributed by atoms with E-state index in [-0.39, 0.29) is 6.04 Å². The highest BCUT2D eigenvalue weighted by atomic mass is 16.6. The number of carbonyl (C=O) groups excluding carboxylic acids is 1. The SMILES string of the molecule is CC(C)NC(C(=O)O)C(=O)OC(C)(C)C. The minimum Gasteiger partial charge on any atom is -0.480 e. The Hall–Kier alpha value is -1.10. The van der Waals surface area contributed by atoms with E-state index in [1.165, 1.54) is 0 Å². The summed E-state index contributed by atoms with van der Waals surface area (Å²) < 4.78 is 4.98. The van der Waals surface area contributed by atoms with Crippen LogP contribution in [0.5, 0.6) is 0 Å². The highest BCUT2D eigenvalue weighted by Gasteiger charge is 2.31. The predicted molar refractivity (Wildman–Crippen MR) is 55.5 cm³/mol. The normalized spacial score (nSPS) is 13.7. The summed E-state index contributed by atoms with van der Waals surface area (Å²) in [5, 5.41) is 11.5. The van der Waals surface area contributed by atoms with Gasteiger partial charge in [-0.25, -0.2) is 9.59 Å². The summed E-state index contributed by atoms with van der Waals surface area (Å²) in [7, 11) is 0. The number of ether oxygens (including phenoxy) is 1. The van der Waals surface area contributed by atoms with Gasteiger partial charge in [0.1, 0.15) is 5.60 Å². The Morgan fingerprint density at radius 1 is 1.27 bits per heavy atom. The number of rotatable bonds is 4. The maximum Gasteiger partial charge on any atom is 0.335 e. The van der Waals surface area contributed by atoms with Crippen LogP contribution in [0.25, 0.3) is 0 Å². The molecule has 0 radical (unpaired) electrons. The molecule has 0 aliphatic carbocycles. The molecule has 5 nitrogen and oxygen atoms in total. The van der Waals surface area contributed by atoms with Crippen molar-refractivity contribution in [1.29, 1.82) is 0 Å². The first-order valence-electron chi connectivity index (χ1n) is 4.85. The highest BCUT2D eigenvalue weighted by molar-refractivity contribution is 5.98. The zero-order chi connectivity index (χ0) is 12.2. The van der Waals surface area contributed by atoms with Gasteiger partial charge in [-0.05, 0) is 34.6 Å². The van der Waals surface area contributed by atoms with Crippen LogP contribution in [0.2, 0.25) is 0 Å². The maximum absolute atomic E-state index is 11.5. The van der Waals surface area contributed by atoms with E-state index >= 15 is 0 Å². The zero-order valence-electron chi connectivity index (χ0n) is 9.83.